The Hall–Kier alpha value is -5.41. The molecule has 3 heteroatoms. The maximum Gasteiger partial charge on any atom is 0.160 e. The fourth-order valence-electron chi connectivity index (χ4n) is 8.33. The molecule has 3 aliphatic rings. The van der Waals surface area contributed by atoms with Gasteiger partial charge in [0.2, 0.25) is 0 Å². The topological polar surface area (TPSA) is 38.1 Å². The van der Waals surface area contributed by atoms with Crippen molar-refractivity contribution >= 4 is 6.21 Å². The zero-order valence-electron chi connectivity index (χ0n) is 27.0. The van der Waals surface area contributed by atoms with Crippen molar-refractivity contribution in [1.29, 1.82) is 0 Å². The molecule has 0 N–H and O–H groups in total. The lowest BCUT2D eigenvalue weighted by Crippen LogP contribution is -2.27. The first kappa shape index (κ1) is 28.8. The summed E-state index contributed by atoms with van der Waals surface area (Å²) in [5.74, 6) is 1.05. The van der Waals surface area contributed by atoms with E-state index < -0.39 is 0 Å². The van der Waals surface area contributed by atoms with E-state index in [0.29, 0.717) is 5.92 Å². The lowest BCUT2D eigenvalue weighted by Gasteiger charge is -2.36. The van der Waals surface area contributed by atoms with E-state index in [-0.39, 0.29) is 5.41 Å². The summed E-state index contributed by atoms with van der Waals surface area (Å²) in [6.45, 7) is 0. The molecule has 48 heavy (non-hydrogen) atoms. The number of aromatic nitrogens is 2. The van der Waals surface area contributed by atoms with Crippen LogP contribution in [0, 0.1) is 0 Å². The van der Waals surface area contributed by atoms with E-state index in [1.165, 1.54) is 71.0 Å². The Morgan fingerprint density at radius 2 is 1.19 bits per heavy atom. The Morgan fingerprint density at radius 1 is 0.542 bits per heavy atom. The van der Waals surface area contributed by atoms with Gasteiger partial charge in [0.25, 0.3) is 0 Å². The number of rotatable bonds is 5. The summed E-state index contributed by atoms with van der Waals surface area (Å²) in [4.78, 5) is 14.5. The van der Waals surface area contributed by atoms with E-state index in [9.17, 15) is 0 Å². The van der Waals surface area contributed by atoms with Crippen molar-refractivity contribution in [1.82, 2.24) is 9.97 Å². The minimum Gasteiger partial charge on any atom is -0.269 e. The van der Waals surface area contributed by atoms with Crippen LogP contribution in [0.5, 0.6) is 0 Å². The van der Waals surface area contributed by atoms with Gasteiger partial charge in [-0.05, 0) is 64.3 Å². The van der Waals surface area contributed by atoms with Gasteiger partial charge in [-0.15, -0.1) is 0 Å². The summed E-state index contributed by atoms with van der Waals surface area (Å²) in [6, 6.07) is 46.3. The normalized spacial score (nSPS) is 17.3. The molecule has 2 heterocycles. The molecular formula is C45H37N3. The van der Waals surface area contributed by atoms with E-state index in [1.807, 2.05) is 30.6 Å². The van der Waals surface area contributed by atoms with Gasteiger partial charge in [0.05, 0.1) is 11.4 Å². The van der Waals surface area contributed by atoms with Crippen LogP contribution >= 0.6 is 0 Å². The lowest BCUT2D eigenvalue weighted by atomic mass is 9.68. The summed E-state index contributed by atoms with van der Waals surface area (Å²) in [5, 5.41) is 0. The van der Waals surface area contributed by atoms with Crippen molar-refractivity contribution in [2.24, 2.45) is 4.99 Å². The Bertz CT molecular complexity index is 2170. The van der Waals surface area contributed by atoms with Gasteiger partial charge in [-0.25, -0.2) is 9.97 Å². The van der Waals surface area contributed by atoms with Gasteiger partial charge in [0.1, 0.15) is 0 Å². The van der Waals surface area contributed by atoms with Gasteiger partial charge in [-0.1, -0.05) is 147 Å². The molecule has 9 rings (SSSR count). The molecule has 1 atom stereocenters. The Balaban J connectivity index is 1.10. The minimum absolute atomic E-state index is 0.157. The van der Waals surface area contributed by atoms with Crippen molar-refractivity contribution < 1.29 is 0 Å². The van der Waals surface area contributed by atoms with Gasteiger partial charge in [0, 0.05) is 40.4 Å². The second-order valence-corrected chi connectivity index (χ2v) is 13.5. The molecule has 1 saturated carbocycles. The third-order valence-corrected chi connectivity index (χ3v) is 10.7. The van der Waals surface area contributed by atoms with Crippen LogP contribution in [0.2, 0.25) is 0 Å². The van der Waals surface area contributed by atoms with E-state index >= 15 is 0 Å². The molecule has 1 aromatic heterocycles. The summed E-state index contributed by atoms with van der Waals surface area (Å²) in [6.07, 6.45) is 13.5. The number of aliphatic imine (C=N–C) groups is 1. The SMILES string of the molecule is C1=CN=CC(c2ccc(-c3cc(-c4ccc(-c5cccc6c5-c5ccccc5C65CCCCC5)cc4)nc(-c4ccccc4)n3)cc2)C1. The van der Waals surface area contributed by atoms with Crippen molar-refractivity contribution in [3.8, 4) is 56.2 Å². The second-order valence-electron chi connectivity index (χ2n) is 13.5. The molecule has 1 fully saturated rings. The van der Waals surface area contributed by atoms with Crippen LogP contribution in [0.1, 0.15) is 61.1 Å². The number of nitrogens with zero attached hydrogens (tertiary/aromatic N) is 3. The molecule has 1 unspecified atom stereocenters. The summed E-state index contributed by atoms with van der Waals surface area (Å²) in [7, 11) is 0. The maximum absolute atomic E-state index is 5.10. The van der Waals surface area contributed by atoms with Crippen LogP contribution in [0.25, 0.3) is 56.2 Å². The molecule has 2 aliphatic carbocycles. The number of allylic oxidation sites excluding steroid dienone is 1. The first-order valence-electron chi connectivity index (χ1n) is 17.3. The van der Waals surface area contributed by atoms with Crippen molar-refractivity contribution in [2.45, 2.75) is 49.9 Å². The number of hydrogen-bond donors (Lipinski definition) is 0. The van der Waals surface area contributed by atoms with Crippen molar-refractivity contribution in [2.75, 3.05) is 0 Å². The molecule has 3 nitrogen and oxygen atoms in total. The second kappa shape index (κ2) is 12.0. The average Bonchev–Trinajstić information content (AvgIpc) is 3.44. The molecule has 1 aliphatic heterocycles. The van der Waals surface area contributed by atoms with Crippen LogP contribution in [-0.4, -0.2) is 16.2 Å². The molecule has 6 aromatic rings. The molecular weight excluding hydrogens is 583 g/mol. The third kappa shape index (κ3) is 4.93. The molecule has 0 saturated heterocycles. The highest BCUT2D eigenvalue weighted by Gasteiger charge is 2.44. The van der Waals surface area contributed by atoms with Gasteiger partial charge in [0.15, 0.2) is 5.82 Å². The average molecular weight is 620 g/mol. The molecule has 1 spiro atoms. The maximum atomic E-state index is 5.10. The number of hydrogen-bond acceptors (Lipinski definition) is 3. The van der Waals surface area contributed by atoms with Crippen LogP contribution in [0.3, 0.4) is 0 Å². The summed E-state index contributed by atoms with van der Waals surface area (Å²) >= 11 is 0. The molecule has 232 valence electrons. The Morgan fingerprint density at radius 3 is 1.92 bits per heavy atom. The monoisotopic (exact) mass is 619 g/mol. The smallest absolute Gasteiger partial charge is 0.160 e. The Kier molecular flexibility index (Phi) is 7.19. The first-order valence-corrected chi connectivity index (χ1v) is 17.3. The van der Waals surface area contributed by atoms with Gasteiger partial charge < -0.3 is 0 Å². The fourth-order valence-corrected chi connectivity index (χ4v) is 8.33. The Labute approximate surface area is 282 Å². The molecule has 5 aromatic carbocycles. The summed E-state index contributed by atoms with van der Waals surface area (Å²) < 4.78 is 0. The van der Waals surface area contributed by atoms with E-state index in [2.05, 4.69) is 120 Å². The molecule has 0 amide bonds. The number of fused-ring (bicyclic) bond motifs is 5. The van der Waals surface area contributed by atoms with Crippen LogP contribution in [0.15, 0.2) is 145 Å². The minimum atomic E-state index is 0.157. The highest BCUT2D eigenvalue weighted by Crippen LogP contribution is 2.57. The van der Waals surface area contributed by atoms with Gasteiger partial charge in [-0.3, -0.25) is 4.99 Å². The first-order chi connectivity index (χ1) is 23.8. The van der Waals surface area contributed by atoms with E-state index in [1.54, 1.807) is 0 Å². The highest BCUT2D eigenvalue weighted by atomic mass is 14.9. The lowest BCUT2D eigenvalue weighted by molar-refractivity contribution is 0.353. The standard InChI is InChI=1S/C45H37N3/c1-3-11-35(12-4-1)44-47-41(33-22-18-31(19-23-33)36-13-10-28-46-30-36)29-42(48-44)34-24-20-32(21-25-34)37-15-9-17-40-43(37)38-14-5-6-16-39(38)45(40)26-7-2-8-27-45/h1,3-6,9-12,14-25,28-30,36H,2,7-8,13,26-27H2. The quantitative estimate of drug-likeness (QED) is 0.193. The van der Waals surface area contributed by atoms with Gasteiger partial charge >= 0.3 is 0 Å². The van der Waals surface area contributed by atoms with E-state index in [0.717, 1.165) is 40.3 Å². The van der Waals surface area contributed by atoms with Gasteiger partial charge in [-0.2, -0.15) is 0 Å². The largest absolute Gasteiger partial charge is 0.269 e. The zero-order chi connectivity index (χ0) is 31.9. The third-order valence-electron chi connectivity index (χ3n) is 10.7. The van der Waals surface area contributed by atoms with Crippen LogP contribution in [0.4, 0.5) is 0 Å². The fraction of sp³-hybridized carbons (Fsp3) is 0.178. The van der Waals surface area contributed by atoms with Crippen molar-refractivity contribution in [3.63, 3.8) is 0 Å². The number of benzene rings is 5. The zero-order valence-corrected chi connectivity index (χ0v) is 27.0. The van der Waals surface area contributed by atoms with E-state index in [4.69, 9.17) is 9.97 Å². The highest BCUT2D eigenvalue weighted by molar-refractivity contribution is 5.93. The van der Waals surface area contributed by atoms with Crippen molar-refractivity contribution in [3.05, 3.63) is 156 Å². The van der Waals surface area contributed by atoms with Crippen LogP contribution < -0.4 is 0 Å². The van der Waals surface area contributed by atoms with Crippen LogP contribution in [-0.2, 0) is 5.41 Å². The predicted molar refractivity (Wildman–Crippen MR) is 198 cm³/mol. The predicted octanol–water partition coefficient (Wildman–Crippen LogP) is 11.4. The summed E-state index contributed by atoms with van der Waals surface area (Å²) in [5.41, 5.74) is 14.9. The molecule has 0 bridgehead atoms. The molecule has 0 radical (unpaired) electrons.